The van der Waals surface area contributed by atoms with Crippen molar-refractivity contribution < 1.29 is 27.5 Å². The molecule has 148 valence electrons. The van der Waals surface area contributed by atoms with Crippen molar-refractivity contribution in [1.82, 2.24) is 9.21 Å². The number of ether oxygens (including phenoxy) is 2. The van der Waals surface area contributed by atoms with Crippen molar-refractivity contribution in [3.05, 3.63) is 29.8 Å². The summed E-state index contributed by atoms with van der Waals surface area (Å²) in [6.07, 6.45) is 2.61. The van der Waals surface area contributed by atoms with Crippen molar-refractivity contribution >= 4 is 21.9 Å². The number of morpholine rings is 1. The summed E-state index contributed by atoms with van der Waals surface area (Å²) in [5.41, 5.74) is -0.0437. The molecule has 27 heavy (non-hydrogen) atoms. The van der Waals surface area contributed by atoms with E-state index < -0.39 is 22.6 Å². The summed E-state index contributed by atoms with van der Waals surface area (Å²) in [5.74, 6) is -1.13. The molecule has 0 atom stereocenters. The van der Waals surface area contributed by atoms with Gasteiger partial charge in [0.25, 0.3) is 5.91 Å². The fourth-order valence-corrected chi connectivity index (χ4v) is 4.91. The molecule has 0 N–H and O–H groups in total. The minimum Gasteiger partial charge on any atom is -0.452 e. The molecule has 2 aliphatic heterocycles. The van der Waals surface area contributed by atoms with Gasteiger partial charge < -0.3 is 14.4 Å². The average molecular weight is 396 g/mol. The second kappa shape index (κ2) is 8.81. The van der Waals surface area contributed by atoms with E-state index in [0.717, 1.165) is 19.3 Å². The molecule has 0 radical (unpaired) electrons. The van der Waals surface area contributed by atoms with Crippen molar-refractivity contribution in [1.29, 1.82) is 0 Å². The van der Waals surface area contributed by atoms with Gasteiger partial charge in [-0.05, 0) is 25.0 Å². The van der Waals surface area contributed by atoms with E-state index in [-0.39, 0.29) is 16.4 Å². The third-order valence-electron chi connectivity index (χ3n) is 4.73. The van der Waals surface area contributed by atoms with Crippen LogP contribution >= 0.6 is 0 Å². The number of amides is 1. The maximum atomic E-state index is 12.9. The Morgan fingerprint density at radius 2 is 1.67 bits per heavy atom. The summed E-state index contributed by atoms with van der Waals surface area (Å²) in [7, 11) is -3.78. The fraction of sp³-hybridized carbons (Fsp3) is 0.556. The summed E-state index contributed by atoms with van der Waals surface area (Å²) in [4.78, 5) is 26.1. The summed E-state index contributed by atoms with van der Waals surface area (Å²) in [5, 5.41) is 0. The number of hydrogen-bond acceptors (Lipinski definition) is 6. The number of nitrogens with zero attached hydrogens (tertiary/aromatic N) is 2. The third kappa shape index (κ3) is 4.66. The Hall–Kier alpha value is -1.97. The minimum absolute atomic E-state index is 0.0437. The van der Waals surface area contributed by atoms with Crippen molar-refractivity contribution in [2.45, 2.75) is 24.2 Å². The summed E-state index contributed by atoms with van der Waals surface area (Å²) < 4.78 is 37.6. The SMILES string of the molecule is O=C(OCC(=O)N1CCOCC1)c1ccccc1S(=O)(=O)N1CCCCC1. The number of rotatable bonds is 5. The van der Waals surface area contributed by atoms with Gasteiger partial charge >= 0.3 is 5.97 Å². The number of piperidine rings is 1. The van der Waals surface area contributed by atoms with E-state index in [1.807, 2.05) is 0 Å². The number of sulfonamides is 1. The van der Waals surface area contributed by atoms with Crippen molar-refractivity contribution in [2.24, 2.45) is 0 Å². The Labute approximate surface area is 159 Å². The predicted octanol–water partition coefficient (Wildman–Crippen LogP) is 0.877. The fourth-order valence-electron chi connectivity index (χ4n) is 3.21. The molecule has 9 heteroatoms. The molecule has 2 fully saturated rings. The smallest absolute Gasteiger partial charge is 0.340 e. The lowest BCUT2D eigenvalue weighted by Gasteiger charge is -2.27. The largest absolute Gasteiger partial charge is 0.452 e. The van der Waals surface area contributed by atoms with Gasteiger partial charge in [0.1, 0.15) is 0 Å². The maximum absolute atomic E-state index is 12.9. The first kappa shape index (κ1) is 19.8. The monoisotopic (exact) mass is 396 g/mol. The quantitative estimate of drug-likeness (QED) is 0.686. The number of carbonyl (C=O) groups is 2. The lowest BCUT2D eigenvalue weighted by molar-refractivity contribution is -0.138. The van der Waals surface area contributed by atoms with Crippen molar-refractivity contribution in [3.8, 4) is 0 Å². The van der Waals surface area contributed by atoms with Crippen LogP contribution in [-0.4, -0.2) is 75.5 Å². The molecule has 0 spiro atoms. The molecule has 1 aromatic rings. The highest BCUT2D eigenvalue weighted by atomic mass is 32.2. The zero-order valence-electron chi connectivity index (χ0n) is 15.1. The molecular weight excluding hydrogens is 372 g/mol. The first-order valence-corrected chi connectivity index (χ1v) is 10.6. The van der Waals surface area contributed by atoms with Crippen LogP contribution in [0.1, 0.15) is 29.6 Å². The molecule has 0 aliphatic carbocycles. The second-order valence-electron chi connectivity index (χ2n) is 6.53. The highest BCUT2D eigenvalue weighted by Gasteiger charge is 2.30. The number of carbonyl (C=O) groups excluding carboxylic acids is 2. The second-order valence-corrected chi connectivity index (χ2v) is 8.44. The van der Waals surface area contributed by atoms with Crippen LogP contribution in [0.4, 0.5) is 0 Å². The van der Waals surface area contributed by atoms with Gasteiger partial charge in [-0.1, -0.05) is 18.6 Å². The Morgan fingerprint density at radius 3 is 2.37 bits per heavy atom. The van der Waals surface area contributed by atoms with Gasteiger partial charge in [0.2, 0.25) is 10.0 Å². The van der Waals surface area contributed by atoms with Gasteiger partial charge in [-0.15, -0.1) is 0 Å². The summed E-state index contributed by atoms with van der Waals surface area (Å²) in [6, 6.07) is 5.98. The van der Waals surface area contributed by atoms with E-state index in [1.165, 1.54) is 16.4 Å². The van der Waals surface area contributed by atoms with Gasteiger partial charge in [-0.25, -0.2) is 13.2 Å². The molecule has 1 amide bonds. The average Bonchev–Trinajstić information content (AvgIpc) is 2.73. The van der Waals surface area contributed by atoms with Crippen LogP contribution in [0.25, 0.3) is 0 Å². The zero-order chi connectivity index (χ0) is 19.3. The minimum atomic E-state index is -3.78. The molecular formula is C18H24N2O6S. The van der Waals surface area contributed by atoms with Crippen LogP contribution in [0.2, 0.25) is 0 Å². The van der Waals surface area contributed by atoms with E-state index >= 15 is 0 Å². The van der Waals surface area contributed by atoms with Gasteiger partial charge in [0, 0.05) is 26.2 Å². The topological polar surface area (TPSA) is 93.2 Å². The van der Waals surface area contributed by atoms with Gasteiger partial charge in [0.05, 0.1) is 23.7 Å². The molecule has 0 bridgehead atoms. The van der Waals surface area contributed by atoms with E-state index in [2.05, 4.69) is 0 Å². The van der Waals surface area contributed by atoms with E-state index in [1.54, 1.807) is 17.0 Å². The van der Waals surface area contributed by atoms with E-state index in [9.17, 15) is 18.0 Å². The molecule has 2 heterocycles. The molecule has 2 saturated heterocycles. The van der Waals surface area contributed by atoms with E-state index in [4.69, 9.17) is 9.47 Å². The normalized spacial score (nSPS) is 18.9. The molecule has 8 nitrogen and oxygen atoms in total. The predicted molar refractivity (Wildman–Crippen MR) is 96.7 cm³/mol. The van der Waals surface area contributed by atoms with Crippen molar-refractivity contribution in [2.75, 3.05) is 46.0 Å². The molecule has 0 saturated carbocycles. The Kier molecular flexibility index (Phi) is 6.46. The zero-order valence-corrected chi connectivity index (χ0v) is 15.9. The van der Waals surface area contributed by atoms with Crippen LogP contribution in [-0.2, 0) is 24.3 Å². The summed E-state index contributed by atoms with van der Waals surface area (Å²) in [6.45, 7) is 2.29. The third-order valence-corrected chi connectivity index (χ3v) is 6.69. The molecule has 0 unspecified atom stereocenters. The van der Waals surface area contributed by atoms with Gasteiger partial charge in [0.15, 0.2) is 6.61 Å². The maximum Gasteiger partial charge on any atom is 0.340 e. The first-order chi connectivity index (χ1) is 13.0. The molecule has 3 rings (SSSR count). The van der Waals surface area contributed by atoms with Crippen LogP contribution in [0.15, 0.2) is 29.2 Å². The first-order valence-electron chi connectivity index (χ1n) is 9.12. The van der Waals surface area contributed by atoms with Crippen LogP contribution in [0, 0.1) is 0 Å². The molecule has 2 aliphatic rings. The standard InChI is InChI=1S/C18H24N2O6S/c21-17(19-10-12-25-13-11-19)14-26-18(22)15-6-2-3-7-16(15)27(23,24)20-8-4-1-5-9-20/h2-3,6-7H,1,4-5,8-14H2. The van der Waals surface area contributed by atoms with Crippen LogP contribution in [0.3, 0.4) is 0 Å². The number of esters is 1. The Morgan fingerprint density at radius 1 is 1.00 bits per heavy atom. The molecule has 0 aromatic heterocycles. The lowest BCUT2D eigenvalue weighted by Crippen LogP contribution is -2.42. The highest BCUT2D eigenvalue weighted by Crippen LogP contribution is 2.24. The van der Waals surface area contributed by atoms with Gasteiger partial charge in [-0.3, -0.25) is 4.79 Å². The Balaban J connectivity index is 1.71. The Bertz CT molecular complexity index is 783. The van der Waals surface area contributed by atoms with Crippen molar-refractivity contribution in [3.63, 3.8) is 0 Å². The summed E-state index contributed by atoms with van der Waals surface area (Å²) >= 11 is 0. The van der Waals surface area contributed by atoms with E-state index in [0.29, 0.717) is 39.4 Å². The number of hydrogen-bond donors (Lipinski definition) is 0. The lowest BCUT2D eigenvalue weighted by atomic mass is 10.2. The number of benzene rings is 1. The van der Waals surface area contributed by atoms with Gasteiger partial charge in [-0.2, -0.15) is 4.31 Å². The van der Waals surface area contributed by atoms with Crippen LogP contribution < -0.4 is 0 Å². The van der Waals surface area contributed by atoms with Crippen LogP contribution in [0.5, 0.6) is 0 Å². The highest BCUT2D eigenvalue weighted by molar-refractivity contribution is 7.89. The molecule has 1 aromatic carbocycles.